The zero-order valence-corrected chi connectivity index (χ0v) is 13.3. The highest BCUT2D eigenvalue weighted by atomic mass is 32.1. The molecule has 2 N–H and O–H groups in total. The Morgan fingerprint density at radius 2 is 2.19 bits per heavy atom. The van der Waals surface area contributed by atoms with Crippen LogP contribution >= 0.6 is 11.3 Å². The molecule has 0 spiro atoms. The molecular formula is C14H20N4O2S. The van der Waals surface area contributed by atoms with Gasteiger partial charge in [-0.25, -0.2) is 4.98 Å². The summed E-state index contributed by atoms with van der Waals surface area (Å²) in [7, 11) is 1.96. The summed E-state index contributed by atoms with van der Waals surface area (Å²) >= 11 is 1.60. The van der Waals surface area contributed by atoms with E-state index in [0.29, 0.717) is 6.04 Å². The molecule has 6 nitrogen and oxygen atoms in total. The zero-order chi connectivity index (χ0) is 15.2. The summed E-state index contributed by atoms with van der Waals surface area (Å²) in [6.07, 6.45) is 3.19. The Bertz CT molecular complexity index is 596. The summed E-state index contributed by atoms with van der Waals surface area (Å²) in [4.78, 5) is 31.5. The molecule has 1 aromatic rings. The molecule has 0 bridgehead atoms. The third kappa shape index (κ3) is 2.34. The van der Waals surface area contributed by atoms with Crippen molar-refractivity contribution in [2.24, 2.45) is 0 Å². The van der Waals surface area contributed by atoms with Gasteiger partial charge in [-0.15, -0.1) is 0 Å². The Hall–Kier alpha value is -1.47. The fourth-order valence-electron chi connectivity index (χ4n) is 2.89. The van der Waals surface area contributed by atoms with E-state index in [2.05, 4.69) is 10.6 Å². The first-order valence-corrected chi connectivity index (χ1v) is 8.04. The molecule has 0 aromatic carbocycles. The Morgan fingerprint density at radius 1 is 1.43 bits per heavy atom. The van der Waals surface area contributed by atoms with Gasteiger partial charge in [0.05, 0.1) is 5.69 Å². The smallest absolute Gasteiger partial charge is 0.251 e. The van der Waals surface area contributed by atoms with Crippen molar-refractivity contribution in [3.63, 3.8) is 0 Å². The second-order valence-corrected chi connectivity index (χ2v) is 7.07. The molecule has 1 aromatic heterocycles. The van der Waals surface area contributed by atoms with E-state index >= 15 is 0 Å². The summed E-state index contributed by atoms with van der Waals surface area (Å²) in [6.45, 7) is 3.82. The summed E-state index contributed by atoms with van der Waals surface area (Å²) in [5.74, 6) is -0.533. The van der Waals surface area contributed by atoms with Crippen LogP contribution in [0.25, 0.3) is 0 Å². The van der Waals surface area contributed by atoms with E-state index in [0.717, 1.165) is 30.1 Å². The first-order valence-electron chi connectivity index (χ1n) is 7.22. The van der Waals surface area contributed by atoms with Crippen LogP contribution in [0.4, 0.5) is 5.13 Å². The van der Waals surface area contributed by atoms with Crippen molar-refractivity contribution in [2.45, 2.75) is 44.7 Å². The highest BCUT2D eigenvalue weighted by Crippen LogP contribution is 2.39. The van der Waals surface area contributed by atoms with Gasteiger partial charge < -0.3 is 10.2 Å². The van der Waals surface area contributed by atoms with Crippen molar-refractivity contribution >= 4 is 28.3 Å². The standard InChI is InChI=1S/C14H20N4O2S/c1-14(2)12(20)17-10(19)7-18(14)13-16-9-6-4-5-8(15-3)11(9)21-13/h8,15H,4-7H2,1-3H3,(H,17,19,20). The highest BCUT2D eigenvalue weighted by molar-refractivity contribution is 7.15. The predicted octanol–water partition coefficient (Wildman–Crippen LogP) is 0.981. The fourth-order valence-corrected chi connectivity index (χ4v) is 4.29. The molecule has 21 heavy (non-hydrogen) atoms. The number of hydrogen-bond donors (Lipinski definition) is 2. The molecule has 7 heteroatoms. The number of hydrogen-bond acceptors (Lipinski definition) is 6. The van der Waals surface area contributed by atoms with Gasteiger partial charge in [-0.2, -0.15) is 0 Å². The number of nitrogens with zero attached hydrogens (tertiary/aromatic N) is 2. The van der Waals surface area contributed by atoms with Crippen LogP contribution in [-0.2, 0) is 16.0 Å². The number of anilines is 1. The van der Waals surface area contributed by atoms with Gasteiger partial charge in [0.25, 0.3) is 5.91 Å². The maximum atomic E-state index is 12.1. The van der Waals surface area contributed by atoms with Crippen LogP contribution in [0, 0.1) is 0 Å². The predicted molar refractivity (Wildman–Crippen MR) is 81.4 cm³/mol. The van der Waals surface area contributed by atoms with Crippen molar-refractivity contribution in [1.82, 2.24) is 15.6 Å². The van der Waals surface area contributed by atoms with E-state index in [1.807, 2.05) is 25.8 Å². The van der Waals surface area contributed by atoms with Gasteiger partial charge >= 0.3 is 0 Å². The number of carbonyl (C=O) groups is 2. The third-order valence-electron chi connectivity index (χ3n) is 4.30. The van der Waals surface area contributed by atoms with Crippen LogP contribution in [0.1, 0.15) is 43.3 Å². The topological polar surface area (TPSA) is 74.3 Å². The van der Waals surface area contributed by atoms with E-state index in [-0.39, 0.29) is 18.4 Å². The average Bonchev–Trinajstić information content (AvgIpc) is 2.86. The van der Waals surface area contributed by atoms with Crippen LogP contribution in [0.5, 0.6) is 0 Å². The molecule has 1 saturated heterocycles. The maximum Gasteiger partial charge on any atom is 0.251 e. The SMILES string of the molecule is CNC1CCCc2nc(N3CC(=O)NC(=O)C3(C)C)sc21. The molecule has 0 saturated carbocycles. The van der Waals surface area contributed by atoms with Gasteiger partial charge in [-0.3, -0.25) is 14.9 Å². The quantitative estimate of drug-likeness (QED) is 0.797. The molecule has 0 radical (unpaired) electrons. The number of rotatable bonds is 2. The lowest BCUT2D eigenvalue weighted by atomic mass is 9.98. The van der Waals surface area contributed by atoms with E-state index in [9.17, 15) is 9.59 Å². The second kappa shape index (κ2) is 5.06. The highest BCUT2D eigenvalue weighted by Gasteiger charge is 2.43. The number of imide groups is 1. The van der Waals surface area contributed by atoms with Crippen LogP contribution in [0.3, 0.4) is 0 Å². The van der Waals surface area contributed by atoms with Gasteiger partial charge in [0, 0.05) is 10.9 Å². The maximum absolute atomic E-state index is 12.1. The van der Waals surface area contributed by atoms with Crippen LogP contribution in [0.2, 0.25) is 0 Å². The number of aryl methyl sites for hydroxylation is 1. The average molecular weight is 308 g/mol. The van der Waals surface area contributed by atoms with Crippen LogP contribution in [-0.4, -0.2) is 35.9 Å². The molecule has 1 atom stereocenters. The Balaban J connectivity index is 1.98. The number of nitrogens with one attached hydrogen (secondary N) is 2. The molecule has 3 rings (SSSR count). The Kier molecular flexibility index (Phi) is 3.49. The minimum atomic E-state index is -0.760. The van der Waals surface area contributed by atoms with Crippen molar-refractivity contribution in [1.29, 1.82) is 0 Å². The van der Waals surface area contributed by atoms with Gasteiger partial charge in [0.1, 0.15) is 12.1 Å². The molecule has 1 fully saturated rings. The Morgan fingerprint density at radius 3 is 2.90 bits per heavy atom. The minimum absolute atomic E-state index is 0.176. The van der Waals surface area contributed by atoms with Gasteiger partial charge in [-0.1, -0.05) is 11.3 Å². The van der Waals surface area contributed by atoms with Crippen molar-refractivity contribution in [2.75, 3.05) is 18.5 Å². The number of fused-ring (bicyclic) bond motifs is 1. The first kappa shape index (κ1) is 14.5. The van der Waals surface area contributed by atoms with E-state index in [1.165, 1.54) is 4.88 Å². The minimum Gasteiger partial charge on any atom is -0.325 e. The number of piperazine rings is 1. The summed E-state index contributed by atoms with van der Waals surface area (Å²) < 4.78 is 0. The van der Waals surface area contributed by atoms with Crippen molar-refractivity contribution < 1.29 is 9.59 Å². The van der Waals surface area contributed by atoms with Crippen molar-refractivity contribution in [3.8, 4) is 0 Å². The first-order chi connectivity index (χ1) is 9.93. The van der Waals surface area contributed by atoms with Gasteiger partial charge in [0.15, 0.2) is 5.13 Å². The molecule has 1 unspecified atom stereocenters. The molecule has 2 amide bonds. The lowest BCUT2D eigenvalue weighted by Crippen LogP contribution is -2.64. The number of carbonyl (C=O) groups excluding carboxylic acids is 2. The third-order valence-corrected chi connectivity index (χ3v) is 5.54. The number of thiazole rings is 1. The zero-order valence-electron chi connectivity index (χ0n) is 12.5. The lowest BCUT2D eigenvalue weighted by molar-refractivity contribution is -0.135. The summed E-state index contributed by atoms with van der Waals surface area (Å²) in [6, 6.07) is 0.331. The molecule has 1 aliphatic heterocycles. The van der Waals surface area contributed by atoms with Crippen LogP contribution in [0.15, 0.2) is 0 Å². The molecule has 2 heterocycles. The normalized spacial score (nSPS) is 24.7. The molecule has 2 aliphatic rings. The van der Waals surface area contributed by atoms with Gasteiger partial charge in [-0.05, 0) is 40.2 Å². The fraction of sp³-hybridized carbons (Fsp3) is 0.643. The largest absolute Gasteiger partial charge is 0.325 e. The van der Waals surface area contributed by atoms with E-state index in [4.69, 9.17) is 4.98 Å². The lowest BCUT2D eigenvalue weighted by Gasteiger charge is -2.39. The summed E-state index contributed by atoms with van der Waals surface area (Å²) in [5.41, 5.74) is 0.346. The van der Waals surface area contributed by atoms with E-state index in [1.54, 1.807) is 11.3 Å². The number of amides is 2. The number of aromatic nitrogens is 1. The summed E-state index contributed by atoms with van der Waals surface area (Å²) in [5, 5.41) is 6.49. The monoisotopic (exact) mass is 308 g/mol. The van der Waals surface area contributed by atoms with Crippen LogP contribution < -0.4 is 15.5 Å². The van der Waals surface area contributed by atoms with Crippen molar-refractivity contribution in [3.05, 3.63) is 10.6 Å². The molecule has 114 valence electrons. The Labute approximate surface area is 127 Å². The molecular weight excluding hydrogens is 288 g/mol. The molecule has 1 aliphatic carbocycles. The van der Waals surface area contributed by atoms with E-state index < -0.39 is 5.54 Å². The van der Waals surface area contributed by atoms with Gasteiger partial charge in [0.2, 0.25) is 5.91 Å². The second-order valence-electron chi connectivity index (χ2n) is 6.06.